The van der Waals surface area contributed by atoms with E-state index < -0.39 is 0 Å². The summed E-state index contributed by atoms with van der Waals surface area (Å²) in [5.74, 6) is 1.61. The number of fused-ring (bicyclic) bond motifs is 1. The number of hydrogen-bond acceptors (Lipinski definition) is 5. The van der Waals surface area contributed by atoms with Crippen molar-refractivity contribution in [3.8, 4) is 0 Å². The molecule has 7 nitrogen and oxygen atoms in total. The summed E-state index contributed by atoms with van der Waals surface area (Å²) in [6.45, 7) is 6.19. The van der Waals surface area contributed by atoms with Crippen molar-refractivity contribution < 1.29 is 4.79 Å². The summed E-state index contributed by atoms with van der Waals surface area (Å²) in [6, 6.07) is 0. The normalized spacial score (nSPS) is 17.3. The second-order valence-corrected chi connectivity index (χ2v) is 7.64. The number of amides is 1. The first kappa shape index (κ1) is 16.3. The number of rotatable bonds is 4. The van der Waals surface area contributed by atoms with Crippen LogP contribution in [0, 0.1) is 12.8 Å². The predicted molar refractivity (Wildman–Crippen MR) is 95.5 cm³/mol. The first-order valence-electron chi connectivity index (χ1n) is 8.66. The van der Waals surface area contributed by atoms with Gasteiger partial charge in [0.05, 0.1) is 18.2 Å². The molecule has 0 saturated carbocycles. The molecule has 1 atom stereocenters. The third kappa shape index (κ3) is 3.06. The van der Waals surface area contributed by atoms with Gasteiger partial charge in [0.2, 0.25) is 5.91 Å². The quantitative estimate of drug-likeness (QED) is 0.718. The van der Waals surface area contributed by atoms with Crippen LogP contribution < -0.4 is 0 Å². The molecule has 4 heterocycles. The lowest BCUT2D eigenvalue weighted by Crippen LogP contribution is -2.41. The minimum Gasteiger partial charge on any atom is -0.342 e. The zero-order valence-corrected chi connectivity index (χ0v) is 15.3. The van der Waals surface area contributed by atoms with Gasteiger partial charge in [0.1, 0.15) is 23.3 Å². The molecule has 1 amide bonds. The van der Waals surface area contributed by atoms with Crippen molar-refractivity contribution in [3.05, 3.63) is 35.7 Å². The lowest BCUT2D eigenvalue weighted by atomic mass is 9.93. The Labute approximate surface area is 150 Å². The molecule has 3 aromatic heterocycles. The minimum absolute atomic E-state index is 0.0860. The highest BCUT2D eigenvalue weighted by Gasteiger charge is 2.29. The van der Waals surface area contributed by atoms with Crippen molar-refractivity contribution in [1.29, 1.82) is 0 Å². The first-order chi connectivity index (χ1) is 12.1. The molecule has 132 valence electrons. The molecule has 0 N–H and O–H groups in total. The SMILES string of the molecule is Cc1nc(C2CCN(C(=O)C(C)Cn3cncn3)CC2)c2sccn12. The number of imidazole rings is 1. The van der Waals surface area contributed by atoms with Gasteiger partial charge >= 0.3 is 0 Å². The van der Waals surface area contributed by atoms with Crippen LogP contribution in [0.1, 0.15) is 37.2 Å². The summed E-state index contributed by atoms with van der Waals surface area (Å²) < 4.78 is 3.88. The summed E-state index contributed by atoms with van der Waals surface area (Å²) in [7, 11) is 0. The molecular formula is C17H22N6OS. The predicted octanol–water partition coefficient (Wildman–Crippen LogP) is 2.34. The average molecular weight is 358 g/mol. The van der Waals surface area contributed by atoms with Crippen LogP contribution >= 0.6 is 11.3 Å². The molecule has 0 spiro atoms. The van der Waals surface area contributed by atoms with Crippen LogP contribution in [-0.2, 0) is 11.3 Å². The molecule has 1 aliphatic heterocycles. The first-order valence-corrected chi connectivity index (χ1v) is 9.54. The fourth-order valence-electron chi connectivity index (χ4n) is 3.63. The van der Waals surface area contributed by atoms with Crippen molar-refractivity contribution in [2.75, 3.05) is 13.1 Å². The second-order valence-electron chi connectivity index (χ2n) is 6.74. The molecule has 8 heteroatoms. The number of piperidine rings is 1. The third-order valence-electron chi connectivity index (χ3n) is 5.00. The number of hydrogen-bond donors (Lipinski definition) is 0. The molecule has 25 heavy (non-hydrogen) atoms. The zero-order chi connectivity index (χ0) is 17.4. The van der Waals surface area contributed by atoms with Gasteiger partial charge < -0.3 is 4.90 Å². The average Bonchev–Trinajstić information content (AvgIpc) is 3.34. The Morgan fingerprint density at radius 3 is 2.92 bits per heavy atom. The Morgan fingerprint density at radius 2 is 2.20 bits per heavy atom. The van der Waals surface area contributed by atoms with Crippen molar-refractivity contribution >= 4 is 22.1 Å². The van der Waals surface area contributed by atoms with Gasteiger partial charge in [-0.15, -0.1) is 11.3 Å². The number of carbonyl (C=O) groups is 1. The third-order valence-corrected chi connectivity index (χ3v) is 5.89. The molecular weight excluding hydrogens is 336 g/mol. The van der Waals surface area contributed by atoms with Crippen LogP contribution in [-0.4, -0.2) is 48.0 Å². The molecule has 0 aliphatic carbocycles. The molecule has 1 aliphatic rings. The van der Waals surface area contributed by atoms with Crippen LogP contribution in [0.2, 0.25) is 0 Å². The van der Waals surface area contributed by atoms with Gasteiger partial charge in [0.15, 0.2) is 0 Å². The molecule has 3 aromatic rings. The van der Waals surface area contributed by atoms with Gasteiger partial charge in [-0.2, -0.15) is 5.10 Å². The van der Waals surface area contributed by atoms with E-state index >= 15 is 0 Å². The summed E-state index contributed by atoms with van der Waals surface area (Å²) in [4.78, 5) is 24.6. The van der Waals surface area contributed by atoms with E-state index in [0.717, 1.165) is 31.8 Å². The number of aryl methyl sites for hydroxylation is 1. The highest BCUT2D eigenvalue weighted by Crippen LogP contribution is 2.33. The van der Waals surface area contributed by atoms with Crippen LogP contribution in [0.3, 0.4) is 0 Å². The minimum atomic E-state index is -0.0860. The van der Waals surface area contributed by atoms with Crippen molar-refractivity contribution in [1.82, 2.24) is 29.0 Å². The van der Waals surface area contributed by atoms with E-state index in [1.807, 2.05) is 18.7 Å². The van der Waals surface area contributed by atoms with E-state index in [1.165, 1.54) is 16.9 Å². The molecule has 1 unspecified atom stereocenters. The zero-order valence-electron chi connectivity index (χ0n) is 14.5. The molecule has 1 saturated heterocycles. The van der Waals surface area contributed by atoms with Crippen LogP contribution in [0.25, 0.3) is 4.83 Å². The van der Waals surface area contributed by atoms with Crippen LogP contribution in [0.5, 0.6) is 0 Å². The van der Waals surface area contributed by atoms with Crippen LogP contribution in [0.4, 0.5) is 0 Å². The number of carbonyl (C=O) groups excluding carboxylic acids is 1. The number of nitrogens with zero attached hydrogens (tertiary/aromatic N) is 6. The van der Waals surface area contributed by atoms with Crippen molar-refractivity contribution in [2.45, 2.75) is 39.2 Å². The summed E-state index contributed by atoms with van der Waals surface area (Å²) in [6.07, 6.45) is 7.19. The van der Waals surface area contributed by atoms with Crippen molar-refractivity contribution in [2.24, 2.45) is 5.92 Å². The lowest BCUT2D eigenvalue weighted by molar-refractivity contribution is -0.136. The molecule has 0 radical (unpaired) electrons. The van der Waals surface area contributed by atoms with Gasteiger partial charge in [0, 0.05) is 30.6 Å². The van der Waals surface area contributed by atoms with E-state index in [1.54, 1.807) is 22.3 Å². The number of likely N-dealkylation sites (tertiary alicyclic amines) is 1. The van der Waals surface area contributed by atoms with E-state index in [9.17, 15) is 4.79 Å². The molecule has 4 rings (SSSR count). The summed E-state index contributed by atoms with van der Waals surface area (Å²) >= 11 is 1.75. The Balaban J connectivity index is 1.39. The largest absolute Gasteiger partial charge is 0.342 e. The standard InChI is InChI=1S/C17H22N6OS/c1-12(9-22-11-18-10-19-22)16(24)21-5-3-14(4-6-21)15-17-23(7-8-25-17)13(2)20-15/h7-8,10-12,14H,3-6,9H2,1-2H3. The summed E-state index contributed by atoms with van der Waals surface area (Å²) in [5.41, 5.74) is 1.20. The molecule has 1 fully saturated rings. The van der Waals surface area contributed by atoms with E-state index in [0.29, 0.717) is 12.5 Å². The second kappa shape index (κ2) is 6.59. The highest BCUT2D eigenvalue weighted by molar-refractivity contribution is 7.15. The topological polar surface area (TPSA) is 68.3 Å². The van der Waals surface area contributed by atoms with Gasteiger partial charge in [-0.05, 0) is 19.8 Å². The van der Waals surface area contributed by atoms with Gasteiger partial charge in [0.25, 0.3) is 0 Å². The molecule has 0 bridgehead atoms. The van der Waals surface area contributed by atoms with E-state index in [2.05, 4.69) is 26.1 Å². The Hall–Kier alpha value is -2.22. The van der Waals surface area contributed by atoms with Gasteiger partial charge in [-0.1, -0.05) is 6.92 Å². The smallest absolute Gasteiger partial charge is 0.227 e. The summed E-state index contributed by atoms with van der Waals surface area (Å²) in [5, 5.41) is 6.20. The van der Waals surface area contributed by atoms with Gasteiger partial charge in [-0.3, -0.25) is 13.9 Å². The monoisotopic (exact) mass is 358 g/mol. The number of thiazole rings is 1. The van der Waals surface area contributed by atoms with E-state index in [-0.39, 0.29) is 11.8 Å². The fraction of sp³-hybridized carbons (Fsp3) is 0.529. The van der Waals surface area contributed by atoms with Gasteiger partial charge in [-0.25, -0.2) is 9.97 Å². The maximum atomic E-state index is 12.7. The Kier molecular flexibility index (Phi) is 4.29. The Morgan fingerprint density at radius 1 is 1.40 bits per heavy atom. The number of aromatic nitrogens is 5. The van der Waals surface area contributed by atoms with Crippen molar-refractivity contribution in [3.63, 3.8) is 0 Å². The highest BCUT2D eigenvalue weighted by atomic mass is 32.1. The maximum absolute atomic E-state index is 12.7. The maximum Gasteiger partial charge on any atom is 0.227 e. The Bertz CT molecular complexity index is 859. The van der Waals surface area contributed by atoms with E-state index in [4.69, 9.17) is 4.98 Å². The van der Waals surface area contributed by atoms with Crippen LogP contribution in [0.15, 0.2) is 24.2 Å². The lowest BCUT2D eigenvalue weighted by Gasteiger charge is -2.33. The fourth-order valence-corrected chi connectivity index (χ4v) is 4.58. The molecule has 0 aromatic carbocycles.